The van der Waals surface area contributed by atoms with Crippen molar-refractivity contribution in [2.75, 3.05) is 5.73 Å². The van der Waals surface area contributed by atoms with Crippen molar-refractivity contribution < 1.29 is 4.57 Å². The number of rotatable bonds is 4. The first-order chi connectivity index (χ1) is 15.6. The van der Waals surface area contributed by atoms with Crippen molar-refractivity contribution in [1.82, 2.24) is 13.9 Å². The Morgan fingerprint density at radius 3 is 1.97 bits per heavy atom. The molecule has 5 aromatic rings. The number of anilines is 1. The van der Waals surface area contributed by atoms with E-state index in [-0.39, 0.29) is 17.1 Å². The second kappa shape index (κ2) is 7.66. The van der Waals surface area contributed by atoms with Crippen molar-refractivity contribution >= 4 is 28.5 Å². The van der Waals surface area contributed by atoms with Crippen LogP contribution in [0.25, 0.3) is 22.4 Å². The molecule has 0 saturated heterocycles. The van der Waals surface area contributed by atoms with E-state index in [0.29, 0.717) is 11.6 Å². The summed E-state index contributed by atoms with van der Waals surface area (Å²) >= 11 is 0. The Hall–Kier alpha value is -4.46. The van der Waals surface area contributed by atoms with Crippen molar-refractivity contribution in [2.45, 2.75) is 0 Å². The van der Waals surface area contributed by atoms with Crippen molar-refractivity contribution in [2.24, 2.45) is 24.3 Å². The highest BCUT2D eigenvalue weighted by Gasteiger charge is 2.23. The molecule has 0 saturated carbocycles. The number of nitrogen functional groups attached to an aromatic ring is 1. The number of aryl methyl sites for hydroxylation is 2. The fraction of sp³-hybridized carbons (Fsp3) is 0.0833. The molecule has 8 heteroatoms. The number of fused-ring (bicyclic) bond motifs is 1. The molecule has 0 atom stereocenters. The molecular formula is C24H22N7O+. The Kier molecular flexibility index (Phi) is 4.67. The van der Waals surface area contributed by atoms with E-state index in [9.17, 15) is 4.79 Å². The number of azo groups is 1. The number of hydrogen-bond donors (Lipinski definition) is 1. The second-order valence-corrected chi connectivity index (χ2v) is 7.44. The van der Waals surface area contributed by atoms with Crippen LogP contribution >= 0.6 is 0 Å². The van der Waals surface area contributed by atoms with Gasteiger partial charge >= 0.3 is 11.5 Å². The first-order valence-corrected chi connectivity index (χ1v) is 10.2. The predicted octanol–water partition coefficient (Wildman–Crippen LogP) is 3.94. The third-order valence-electron chi connectivity index (χ3n) is 5.51. The van der Waals surface area contributed by atoms with Gasteiger partial charge in [-0.1, -0.05) is 53.6 Å². The van der Waals surface area contributed by atoms with Crippen LogP contribution in [-0.2, 0) is 14.1 Å². The molecule has 0 unspecified atom stereocenters. The van der Waals surface area contributed by atoms with Crippen molar-refractivity contribution in [3.8, 4) is 11.4 Å². The highest BCUT2D eigenvalue weighted by atomic mass is 16.1. The van der Waals surface area contributed by atoms with E-state index in [1.807, 2.05) is 108 Å². The molecule has 3 aromatic carbocycles. The molecule has 158 valence electrons. The van der Waals surface area contributed by atoms with Crippen LogP contribution in [0.3, 0.4) is 0 Å². The van der Waals surface area contributed by atoms with E-state index in [4.69, 9.17) is 5.73 Å². The molecule has 2 N–H and O–H groups in total. The van der Waals surface area contributed by atoms with Crippen LogP contribution in [0.4, 0.5) is 17.5 Å². The van der Waals surface area contributed by atoms with E-state index in [1.54, 1.807) is 4.68 Å². The van der Waals surface area contributed by atoms with Gasteiger partial charge in [0.25, 0.3) is 0 Å². The summed E-state index contributed by atoms with van der Waals surface area (Å²) < 4.78 is 7.03. The number of benzene rings is 3. The SMILES string of the molecule is Cn1c(N=Nc2c(N)n(-c3ccccc3)n(-c3ccccc3)c2=O)[n+](C)c2ccccc21. The number of para-hydroxylation sites is 4. The third kappa shape index (κ3) is 3.01. The lowest BCUT2D eigenvalue weighted by atomic mass is 10.3. The van der Waals surface area contributed by atoms with E-state index >= 15 is 0 Å². The van der Waals surface area contributed by atoms with Crippen molar-refractivity contribution in [3.05, 3.63) is 95.3 Å². The number of hydrogen-bond acceptors (Lipinski definition) is 4. The highest BCUT2D eigenvalue weighted by Crippen LogP contribution is 2.27. The van der Waals surface area contributed by atoms with Gasteiger partial charge in [-0.3, -0.25) is 4.79 Å². The standard InChI is InChI=1S/C24H21N7O/c1-28-19-15-9-10-16-20(19)29(2)24(28)27-26-21-22(25)30(17-11-5-3-6-12-17)31(23(21)32)18-13-7-4-8-14-18/h3-16,25H,1-2H3/p+1. The molecule has 2 heterocycles. The molecule has 0 radical (unpaired) electrons. The molecular weight excluding hydrogens is 402 g/mol. The highest BCUT2D eigenvalue weighted by molar-refractivity contribution is 5.73. The maximum Gasteiger partial charge on any atom is 0.422 e. The molecule has 0 aliphatic carbocycles. The van der Waals surface area contributed by atoms with Crippen LogP contribution in [0.1, 0.15) is 0 Å². The van der Waals surface area contributed by atoms with Gasteiger partial charge in [-0.25, -0.2) is 18.5 Å². The van der Waals surface area contributed by atoms with Crippen LogP contribution in [0, 0.1) is 0 Å². The summed E-state index contributed by atoms with van der Waals surface area (Å²) in [5.74, 6) is 0.818. The minimum Gasteiger partial charge on any atom is -0.382 e. The van der Waals surface area contributed by atoms with Gasteiger partial charge < -0.3 is 5.73 Å². The number of imidazole rings is 1. The van der Waals surface area contributed by atoms with Crippen LogP contribution in [0.15, 0.2) is 100.0 Å². The largest absolute Gasteiger partial charge is 0.422 e. The summed E-state index contributed by atoms with van der Waals surface area (Å²) in [7, 11) is 3.83. The van der Waals surface area contributed by atoms with Gasteiger partial charge in [0.15, 0.2) is 5.82 Å². The lowest BCUT2D eigenvalue weighted by Gasteiger charge is -2.12. The number of nitrogens with two attached hydrogens (primary N) is 1. The van der Waals surface area contributed by atoms with E-state index < -0.39 is 0 Å². The average Bonchev–Trinajstić information content (AvgIpc) is 3.23. The summed E-state index contributed by atoms with van der Waals surface area (Å²) in [6.45, 7) is 0. The summed E-state index contributed by atoms with van der Waals surface area (Å²) in [4.78, 5) is 13.4. The maximum absolute atomic E-state index is 13.4. The third-order valence-corrected chi connectivity index (χ3v) is 5.51. The summed E-state index contributed by atoms with van der Waals surface area (Å²) in [6, 6.07) is 26.8. The van der Waals surface area contributed by atoms with Crippen molar-refractivity contribution in [3.63, 3.8) is 0 Å². The van der Waals surface area contributed by atoms with Gasteiger partial charge in [0, 0.05) is 5.11 Å². The van der Waals surface area contributed by atoms with Crippen LogP contribution in [0.5, 0.6) is 0 Å². The molecule has 32 heavy (non-hydrogen) atoms. The lowest BCUT2D eigenvalue weighted by molar-refractivity contribution is -0.632. The van der Waals surface area contributed by atoms with Gasteiger partial charge in [0.2, 0.25) is 5.69 Å². The van der Waals surface area contributed by atoms with Crippen molar-refractivity contribution in [1.29, 1.82) is 0 Å². The lowest BCUT2D eigenvalue weighted by Crippen LogP contribution is -2.26. The minimum atomic E-state index is -0.345. The van der Waals surface area contributed by atoms with Gasteiger partial charge in [-0.05, 0) is 36.4 Å². The van der Waals surface area contributed by atoms with E-state index in [0.717, 1.165) is 16.7 Å². The quantitative estimate of drug-likeness (QED) is 0.350. The number of nitrogens with zero attached hydrogens (tertiary/aromatic N) is 6. The predicted molar refractivity (Wildman–Crippen MR) is 124 cm³/mol. The summed E-state index contributed by atoms with van der Waals surface area (Å²) in [5, 5.41) is 8.75. The van der Waals surface area contributed by atoms with Crippen LogP contribution in [0.2, 0.25) is 0 Å². The van der Waals surface area contributed by atoms with Gasteiger partial charge in [-0.15, -0.1) is 0 Å². The first kappa shape index (κ1) is 19.5. The van der Waals surface area contributed by atoms with Gasteiger partial charge in [-0.2, -0.15) is 0 Å². The molecule has 0 fully saturated rings. The Morgan fingerprint density at radius 2 is 1.34 bits per heavy atom. The van der Waals surface area contributed by atoms with Crippen LogP contribution < -0.4 is 15.9 Å². The molecule has 8 nitrogen and oxygen atoms in total. The molecule has 0 spiro atoms. The number of aromatic nitrogens is 4. The monoisotopic (exact) mass is 424 g/mol. The normalized spacial score (nSPS) is 11.6. The smallest absolute Gasteiger partial charge is 0.382 e. The molecule has 0 bridgehead atoms. The molecule has 2 aromatic heterocycles. The fourth-order valence-corrected chi connectivity index (χ4v) is 3.93. The zero-order valence-corrected chi connectivity index (χ0v) is 17.8. The summed E-state index contributed by atoms with van der Waals surface area (Å²) in [6.07, 6.45) is 0. The zero-order chi connectivity index (χ0) is 22.2. The van der Waals surface area contributed by atoms with E-state index in [1.165, 1.54) is 4.68 Å². The fourth-order valence-electron chi connectivity index (χ4n) is 3.93. The molecule has 0 aliphatic rings. The van der Waals surface area contributed by atoms with Gasteiger partial charge in [0.05, 0.1) is 25.5 Å². The topological polar surface area (TPSA) is 86.5 Å². The zero-order valence-electron chi connectivity index (χ0n) is 17.8. The Labute approximate surface area is 184 Å². The molecule has 5 rings (SSSR count). The van der Waals surface area contributed by atoms with Gasteiger partial charge in [0.1, 0.15) is 11.0 Å². The molecule has 0 amide bonds. The Morgan fingerprint density at radius 1 is 0.781 bits per heavy atom. The summed E-state index contributed by atoms with van der Waals surface area (Å²) in [5.41, 5.74) is 9.67. The van der Waals surface area contributed by atoms with E-state index in [2.05, 4.69) is 10.2 Å². The Balaban J connectivity index is 1.71. The van der Waals surface area contributed by atoms with Crippen LogP contribution in [-0.4, -0.2) is 13.9 Å². The minimum absolute atomic E-state index is 0.0861. The maximum atomic E-state index is 13.4. The first-order valence-electron chi connectivity index (χ1n) is 10.2. The average molecular weight is 424 g/mol. The Bertz CT molecular complexity index is 1470. The second-order valence-electron chi connectivity index (χ2n) is 7.44. The molecule has 0 aliphatic heterocycles.